The van der Waals surface area contributed by atoms with Gasteiger partial charge in [0.25, 0.3) is 5.91 Å². The molecule has 1 aromatic heterocycles. The third-order valence-corrected chi connectivity index (χ3v) is 5.38. The van der Waals surface area contributed by atoms with E-state index in [-0.39, 0.29) is 5.91 Å². The van der Waals surface area contributed by atoms with Crippen LogP contribution < -0.4 is 5.32 Å². The van der Waals surface area contributed by atoms with Crippen LogP contribution in [0.25, 0.3) is 10.6 Å². The summed E-state index contributed by atoms with van der Waals surface area (Å²) in [7, 11) is 1.99. The molecule has 1 fully saturated rings. The van der Waals surface area contributed by atoms with E-state index in [4.69, 9.17) is 0 Å². The third kappa shape index (κ3) is 3.79. The number of hydrogen-bond acceptors (Lipinski definition) is 4. The zero-order valence-corrected chi connectivity index (χ0v) is 14.5. The maximum atomic E-state index is 12.7. The van der Waals surface area contributed by atoms with Crippen LogP contribution in [0.15, 0.2) is 29.6 Å². The number of benzene rings is 1. The molecule has 1 saturated heterocycles. The summed E-state index contributed by atoms with van der Waals surface area (Å²) in [5.41, 5.74) is 2.81. The second-order valence-electron chi connectivity index (χ2n) is 6.17. The summed E-state index contributed by atoms with van der Waals surface area (Å²) in [4.78, 5) is 19.2. The summed E-state index contributed by atoms with van der Waals surface area (Å²) in [6, 6.07) is 7.85. The number of hydrogen-bond donors (Lipinski definition) is 1. The number of likely N-dealkylation sites (tertiary alicyclic amines) is 1. The highest BCUT2D eigenvalue weighted by Crippen LogP contribution is 2.25. The van der Waals surface area contributed by atoms with Gasteiger partial charge in [0.15, 0.2) is 0 Å². The normalized spacial score (nSPS) is 15.8. The van der Waals surface area contributed by atoms with Gasteiger partial charge in [-0.2, -0.15) is 0 Å². The molecule has 23 heavy (non-hydrogen) atoms. The molecule has 3 rings (SSSR count). The molecule has 1 aromatic carbocycles. The largest absolute Gasteiger partial charge is 0.339 e. The first-order valence-electron chi connectivity index (χ1n) is 8.14. The predicted octanol–water partition coefficient (Wildman–Crippen LogP) is 3.19. The maximum absolute atomic E-state index is 12.7. The average Bonchev–Trinajstić information content (AvgIpc) is 3.02. The SMILES string of the molecule is CNCC1CCN(C(=O)c2cccc(-c3nc(C)cs3)c2)CC1. The zero-order chi connectivity index (χ0) is 16.2. The number of aromatic nitrogens is 1. The lowest BCUT2D eigenvalue weighted by Gasteiger charge is -2.32. The molecule has 0 spiro atoms. The molecular weight excluding hydrogens is 306 g/mol. The Bertz CT molecular complexity index is 674. The first-order valence-corrected chi connectivity index (χ1v) is 9.02. The minimum absolute atomic E-state index is 0.142. The number of carbonyl (C=O) groups excluding carboxylic acids is 1. The second-order valence-corrected chi connectivity index (χ2v) is 7.03. The van der Waals surface area contributed by atoms with Crippen LogP contribution in [0, 0.1) is 12.8 Å². The molecule has 0 atom stereocenters. The van der Waals surface area contributed by atoms with E-state index in [2.05, 4.69) is 10.3 Å². The molecule has 0 radical (unpaired) electrons. The standard InChI is InChI=1S/C18H23N3OS/c1-13-12-23-17(20-13)15-4-3-5-16(10-15)18(22)21-8-6-14(7-9-21)11-19-2/h3-5,10,12,14,19H,6-9,11H2,1-2H3. The summed E-state index contributed by atoms with van der Waals surface area (Å²) >= 11 is 1.62. The van der Waals surface area contributed by atoms with Crippen molar-refractivity contribution in [2.24, 2.45) is 5.92 Å². The van der Waals surface area contributed by atoms with E-state index < -0.39 is 0 Å². The average molecular weight is 329 g/mol. The van der Waals surface area contributed by atoms with E-state index in [1.54, 1.807) is 11.3 Å². The monoisotopic (exact) mass is 329 g/mol. The van der Waals surface area contributed by atoms with E-state index in [1.165, 1.54) is 0 Å². The van der Waals surface area contributed by atoms with Crippen LogP contribution in [0.5, 0.6) is 0 Å². The van der Waals surface area contributed by atoms with Crippen LogP contribution in [0.2, 0.25) is 0 Å². The minimum Gasteiger partial charge on any atom is -0.339 e. The Morgan fingerprint density at radius 2 is 2.17 bits per heavy atom. The molecule has 5 heteroatoms. The highest BCUT2D eigenvalue weighted by Gasteiger charge is 2.23. The van der Waals surface area contributed by atoms with E-state index >= 15 is 0 Å². The number of nitrogens with one attached hydrogen (secondary N) is 1. The Morgan fingerprint density at radius 3 is 2.83 bits per heavy atom. The van der Waals surface area contributed by atoms with Crippen LogP contribution in [-0.4, -0.2) is 42.5 Å². The molecule has 1 N–H and O–H groups in total. The molecule has 2 heterocycles. The second kappa shape index (κ2) is 7.23. The van der Waals surface area contributed by atoms with Crippen LogP contribution in [0.3, 0.4) is 0 Å². The molecule has 0 bridgehead atoms. The van der Waals surface area contributed by atoms with E-state index in [1.807, 2.05) is 48.5 Å². The Morgan fingerprint density at radius 1 is 1.39 bits per heavy atom. The summed E-state index contributed by atoms with van der Waals surface area (Å²) in [6.45, 7) is 4.74. The van der Waals surface area contributed by atoms with Crippen molar-refractivity contribution in [3.63, 3.8) is 0 Å². The summed E-state index contributed by atoms with van der Waals surface area (Å²) < 4.78 is 0. The molecule has 0 unspecified atom stereocenters. The number of piperidine rings is 1. The number of amides is 1. The molecule has 1 amide bonds. The molecule has 1 aliphatic heterocycles. The highest BCUT2D eigenvalue weighted by atomic mass is 32.1. The van der Waals surface area contributed by atoms with Crippen molar-refractivity contribution in [3.8, 4) is 10.6 Å². The van der Waals surface area contributed by atoms with Crippen molar-refractivity contribution in [2.45, 2.75) is 19.8 Å². The topological polar surface area (TPSA) is 45.2 Å². The lowest BCUT2D eigenvalue weighted by molar-refractivity contribution is 0.0691. The van der Waals surface area contributed by atoms with Crippen molar-refractivity contribution < 1.29 is 4.79 Å². The number of aryl methyl sites for hydroxylation is 1. The first-order chi connectivity index (χ1) is 11.2. The number of nitrogens with zero attached hydrogens (tertiary/aromatic N) is 2. The molecule has 1 aliphatic rings. The molecule has 4 nitrogen and oxygen atoms in total. The number of thiazole rings is 1. The van der Waals surface area contributed by atoms with Crippen LogP contribution in [0.1, 0.15) is 28.9 Å². The molecule has 2 aromatic rings. The number of rotatable bonds is 4. The van der Waals surface area contributed by atoms with Gasteiger partial charge in [0.05, 0.1) is 0 Å². The lowest BCUT2D eigenvalue weighted by atomic mass is 9.96. The molecular formula is C18H23N3OS. The third-order valence-electron chi connectivity index (χ3n) is 4.37. The van der Waals surface area contributed by atoms with Crippen molar-refractivity contribution in [3.05, 3.63) is 40.9 Å². The molecule has 0 saturated carbocycles. The summed E-state index contributed by atoms with van der Waals surface area (Å²) in [5, 5.41) is 6.25. The Balaban J connectivity index is 1.71. The Hall–Kier alpha value is -1.72. The van der Waals surface area contributed by atoms with Gasteiger partial charge in [-0.25, -0.2) is 4.98 Å². The van der Waals surface area contributed by atoms with Crippen LogP contribution in [-0.2, 0) is 0 Å². The quantitative estimate of drug-likeness (QED) is 0.937. The van der Waals surface area contributed by atoms with Gasteiger partial charge in [-0.3, -0.25) is 4.79 Å². The zero-order valence-electron chi connectivity index (χ0n) is 13.7. The van der Waals surface area contributed by atoms with Gasteiger partial charge in [0.1, 0.15) is 5.01 Å². The van der Waals surface area contributed by atoms with Gasteiger partial charge in [-0.05, 0) is 51.4 Å². The maximum Gasteiger partial charge on any atom is 0.253 e. The van der Waals surface area contributed by atoms with E-state index in [0.717, 1.165) is 54.3 Å². The number of carbonyl (C=O) groups is 1. The molecule has 0 aliphatic carbocycles. The van der Waals surface area contributed by atoms with Gasteiger partial charge < -0.3 is 10.2 Å². The van der Waals surface area contributed by atoms with Crippen molar-refractivity contribution in [2.75, 3.05) is 26.7 Å². The first kappa shape index (κ1) is 16.1. The Labute approximate surface area is 141 Å². The van der Waals surface area contributed by atoms with Crippen LogP contribution >= 0.6 is 11.3 Å². The van der Waals surface area contributed by atoms with Gasteiger partial charge in [0, 0.05) is 35.3 Å². The van der Waals surface area contributed by atoms with Gasteiger partial charge >= 0.3 is 0 Å². The van der Waals surface area contributed by atoms with E-state index in [9.17, 15) is 4.79 Å². The van der Waals surface area contributed by atoms with Gasteiger partial charge in [0.2, 0.25) is 0 Å². The van der Waals surface area contributed by atoms with Gasteiger partial charge in [-0.15, -0.1) is 11.3 Å². The lowest BCUT2D eigenvalue weighted by Crippen LogP contribution is -2.40. The smallest absolute Gasteiger partial charge is 0.253 e. The fraction of sp³-hybridized carbons (Fsp3) is 0.444. The summed E-state index contributed by atoms with van der Waals surface area (Å²) in [5.74, 6) is 0.830. The van der Waals surface area contributed by atoms with Gasteiger partial charge in [-0.1, -0.05) is 12.1 Å². The van der Waals surface area contributed by atoms with Crippen molar-refractivity contribution >= 4 is 17.2 Å². The fourth-order valence-electron chi connectivity index (χ4n) is 3.08. The summed E-state index contributed by atoms with van der Waals surface area (Å²) in [6.07, 6.45) is 2.16. The van der Waals surface area contributed by atoms with Crippen molar-refractivity contribution in [1.82, 2.24) is 15.2 Å². The molecule has 122 valence electrons. The van der Waals surface area contributed by atoms with Crippen LogP contribution in [0.4, 0.5) is 0 Å². The van der Waals surface area contributed by atoms with Crippen molar-refractivity contribution in [1.29, 1.82) is 0 Å². The minimum atomic E-state index is 0.142. The highest BCUT2D eigenvalue weighted by molar-refractivity contribution is 7.13. The Kier molecular flexibility index (Phi) is 5.08. The van der Waals surface area contributed by atoms with E-state index in [0.29, 0.717) is 5.92 Å². The fourth-order valence-corrected chi connectivity index (χ4v) is 3.88. The predicted molar refractivity (Wildman–Crippen MR) is 94.8 cm³/mol.